The van der Waals surface area contributed by atoms with Gasteiger partial charge in [0.1, 0.15) is 0 Å². The minimum Gasteiger partial charge on any atom is -0.355 e. The molecule has 2 aromatic rings. The van der Waals surface area contributed by atoms with Crippen molar-refractivity contribution in [2.45, 2.75) is 39.2 Å². The predicted octanol–water partition coefficient (Wildman–Crippen LogP) is 2.20. The molecule has 0 spiro atoms. The van der Waals surface area contributed by atoms with Crippen LogP contribution in [0.3, 0.4) is 0 Å². The molecule has 7 heteroatoms. The Hall–Kier alpha value is -2.28. The number of pyridine rings is 1. The Morgan fingerprint density at radius 2 is 2.27 bits per heavy atom. The third-order valence-electron chi connectivity index (χ3n) is 4.55. The highest BCUT2D eigenvalue weighted by Crippen LogP contribution is 2.19. The molecule has 0 saturated carbocycles. The van der Waals surface area contributed by atoms with Gasteiger partial charge in [0.05, 0.1) is 28.9 Å². The van der Waals surface area contributed by atoms with Crippen LogP contribution in [0.5, 0.6) is 0 Å². The molecule has 0 unspecified atom stereocenters. The van der Waals surface area contributed by atoms with Gasteiger partial charge < -0.3 is 10.2 Å². The van der Waals surface area contributed by atoms with E-state index in [9.17, 15) is 9.59 Å². The molecule has 138 valence electrons. The fourth-order valence-corrected chi connectivity index (χ4v) is 3.91. The minimum absolute atomic E-state index is 0.0239. The second-order valence-electron chi connectivity index (χ2n) is 6.46. The Kier molecular flexibility index (Phi) is 6.33. The van der Waals surface area contributed by atoms with Gasteiger partial charge in [-0.25, -0.2) is 4.98 Å². The molecule has 26 heavy (non-hydrogen) atoms. The molecular weight excluding hydrogens is 348 g/mol. The molecule has 6 nitrogen and oxygen atoms in total. The average Bonchev–Trinajstić information content (AvgIpc) is 3.12. The van der Waals surface area contributed by atoms with Gasteiger partial charge in [-0.1, -0.05) is 13.0 Å². The Labute approximate surface area is 157 Å². The van der Waals surface area contributed by atoms with E-state index in [-0.39, 0.29) is 17.7 Å². The van der Waals surface area contributed by atoms with Crippen LogP contribution in [0.15, 0.2) is 29.8 Å². The molecule has 0 aromatic carbocycles. The Balaban J connectivity index is 1.48. The summed E-state index contributed by atoms with van der Waals surface area (Å²) >= 11 is 1.64. The highest BCUT2D eigenvalue weighted by molar-refractivity contribution is 7.09. The lowest BCUT2D eigenvalue weighted by molar-refractivity contribution is -0.138. The predicted molar refractivity (Wildman–Crippen MR) is 101 cm³/mol. The zero-order valence-corrected chi connectivity index (χ0v) is 15.8. The molecule has 0 aliphatic carbocycles. The van der Waals surface area contributed by atoms with Crippen molar-refractivity contribution in [2.75, 3.05) is 13.1 Å². The molecule has 3 rings (SSSR count). The van der Waals surface area contributed by atoms with Crippen LogP contribution in [0.25, 0.3) is 0 Å². The van der Waals surface area contributed by atoms with E-state index in [1.54, 1.807) is 22.4 Å². The number of thiazole rings is 1. The number of amides is 2. The smallest absolute Gasteiger partial charge is 0.224 e. The van der Waals surface area contributed by atoms with Crippen molar-refractivity contribution in [2.24, 2.45) is 5.92 Å². The molecule has 1 saturated heterocycles. The number of carbonyl (C=O) groups is 2. The quantitative estimate of drug-likeness (QED) is 0.808. The Morgan fingerprint density at radius 1 is 1.38 bits per heavy atom. The first kappa shape index (κ1) is 18.5. The van der Waals surface area contributed by atoms with Crippen LogP contribution < -0.4 is 5.32 Å². The number of nitrogens with one attached hydrogen (secondary N) is 1. The summed E-state index contributed by atoms with van der Waals surface area (Å²) in [5.41, 5.74) is 1.95. The molecule has 1 aliphatic rings. The summed E-state index contributed by atoms with van der Waals surface area (Å²) in [5, 5.41) is 6.12. The van der Waals surface area contributed by atoms with Gasteiger partial charge in [0.2, 0.25) is 11.8 Å². The van der Waals surface area contributed by atoms with E-state index in [2.05, 4.69) is 27.6 Å². The number of carbonyl (C=O) groups excluding carboxylic acids is 2. The van der Waals surface area contributed by atoms with Crippen molar-refractivity contribution in [1.82, 2.24) is 20.2 Å². The lowest BCUT2D eigenvalue weighted by Gasteiger charge is -2.31. The third-order valence-corrected chi connectivity index (χ3v) is 5.51. The fourth-order valence-electron chi connectivity index (χ4n) is 3.03. The number of nitrogens with zero attached hydrogens (tertiary/aromatic N) is 3. The van der Waals surface area contributed by atoms with E-state index < -0.39 is 0 Å². The monoisotopic (exact) mass is 372 g/mol. The molecule has 1 N–H and O–H groups in total. The maximum atomic E-state index is 12.5. The first-order chi connectivity index (χ1) is 12.7. The summed E-state index contributed by atoms with van der Waals surface area (Å²) < 4.78 is 0. The summed E-state index contributed by atoms with van der Waals surface area (Å²) in [7, 11) is 0. The van der Waals surface area contributed by atoms with Crippen molar-refractivity contribution in [3.05, 3.63) is 46.2 Å². The highest BCUT2D eigenvalue weighted by atomic mass is 32.1. The van der Waals surface area contributed by atoms with Crippen molar-refractivity contribution in [1.29, 1.82) is 0 Å². The number of piperidine rings is 1. The van der Waals surface area contributed by atoms with Crippen molar-refractivity contribution in [3.63, 3.8) is 0 Å². The molecule has 0 bridgehead atoms. The van der Waals surface area contributed by atoms with E-state index >= 15 is 0 Å². The van der Waals surface area contributed by atoms with Crippen LogP contribution in [-0.4, -0.2) is 39.8 Å². The third kappa shape index (κ3) is 4.88. The Bertz CT molecular complexity index is 747. The number of likely N-dealkylation sites (tertiary alicyclic amines) is 1. The van der Waals surface area contributed by atoms with Crippen LogP contribution in [0.1, 0.15) is 36.2 Å². The zero-order valence-electron chi connectivity index (χ0n) is 15.0. The molecule has 1 atom stereocenters. The number of hydrogen-bond acceptors (Lipinski definition) is 5. The van der Waals surface area contributed by atoms with E-state index in [4.69, 9.17) is 0 Å². The maximum absolute atomic E-state index is 12.5. The van der Waals surface area contributed by atoms with Gasteiger partial charge in [-0.2, -0.15) is 0 Å². The Morgan fingerprint density at radius 3 is 3.00 bits per heavy atom. The van der Waals surface area contributed by atoms with Crippen molar-refractivity contribution in [3.8, 4) is 0 Å². The van der Waals surface area contributed by atoms with Gasteiger partial charge in [0.15, 0.2) is 0 Å². The lowest BCUT2D eigenvalue weighted by Crippen LogP contribution is -2.45. The average molecular weight is 372 g/mol. The number of aryl methyl sites for hydroxylation is 1. The first-order valence-electron chi connectivity index (χ1n) is 9.04. The summed E-state index contributed by atoms with van der Waals surface area (Å²) in [5.74, 6) is -0.0377. The first-order valence-corrected chi connectivity index (χ1v) is 9.92. The van der Waals surface area contributed by atoms with Gasteiger partial charge in [-0.15, -0.1) is 11.3 Å². The fraction of sp³-hybridized carbons (Fsp3) is 0.474. The maximum Gasteiger partial charge on any atom is 0.224 e. The summed E-state index contributed by atoms with van der Waals surface area (Å²) in [6.45, 7) is 3.59. The van der Waals surface area contributed by atoms with Gasteiger partial charge in [-0.05, 0) is 25.0 Å². The molecule has 1 fully saturated rings. The van der Waals surface area contributed by atoms with Crippen LogP contribution in [0.4, 0.5) is 0 Å². The van der Waals surface area contributed by atoms with Gasteiger partial charge in [0, 0.05) is 37.5 Å². The molecule has 0 radical (unpaired) electrons. The van der Waals surface area contributed by atoms with E-state index in [0.29, 0.717) is 32.5 Å². The molecule has 2 aromatic heterocycles. The van der Waals surface area contributed by atoms with Crippen molar-refractivity contribution >= 4 is 23.2 Å². The van der Waals surface area contributed by atoms with Gasteiger partial charge in [-0.3, -0.25) is 14.6 Å². The van der Waals surface area contributed by atoms with E-state index in [1.807, 2.05) is 18.2 Å². The number of hydrogen-bond donors (Lipinski definition) is 1. The van der Waals surface area contributed by atoms with Crippen molar-refractivity contribution < 1.29 is 9.59 Å². The topological polar surface area (TPSA) is 75.2 Å². The highest BCUT2D eigenvalue weighted by Gasteiger charge is 2.30. The van der Waals surface area contributed by atoms with Gasteiger partial charge >= 0.3 is 0 Å². The molecule has 1 aliphatic heterocycles. The minimum atomic E-state index is -0.154. The summed E-state index contributed by atoms with van der Waals surface area (Å²) in [6.07, 6.45) is 4.43. The normalized spacial score (nSPS) is 17.3. The standard InChI is InChI=1S/C19H24N4O2S/c1-2-15-13-26-17(22-15)8-10-21-19(25)14-6-7-18(24)23(11-14)12-16-5-3-4-9-20-16/h3-5,9,13-14H,2,6-8,10-12H2,1H3,(H,21,25)/t14-/m0/s1. The zero-order chi connectivity index (χ0) is 18.4. The SMILES string of the molecule is CCc1csc(CCNC(=O)[C@H]2CCC(=O)N(Cc3ccccn3)C2)n1. The molecule has 2 amide bonds. The van der Waals surface area contributed by atoms with Crippen LogP contribution in [0.2, 0.25) is 0 Å². The van der Waals surface area contributed by atoms with Crippen LogP contribution >= 0.6 is 11.3 Å². The number of rotatable bonds is 7. The molecular formula is C19H24N4O2S. The second-order valence-corrected chi connectivity index (χ2v) is 7.40. The van der Waals surface area contributed by atoms with Crippen LogP contribution in [0, 0.1) is 5.92 Å². The molecule has 3 heterocycles. The van der Waals surface area contributed by atoms with Crippen LogP contribution in [-0.2, 0) is 29.0 Å². The second kappa shape index (κ2) is 8.89. The summed E-state index contributed by atoms with van der Waals surface area (Å²) in [6, 6.07) is 5.66. The van der Waals surface area contributed by atoms with E-state index in [1.165, 1.54) is 0 Å². The summed E-state index contributed by atoms with van der Waals surface area (Å²) in [4.78, 5) is 35.2. The van der Waals surface area contributed by atoms with Gasteiger partial charge in [0.25, 0.3) is 0 Å². The lowest BCUT2D eigenvalue weighted by atomic mass is 9.96. The largest absolute Gasteiger partial charge is 0.355 e. The number of aromatic nitrogens is 2. The van der Waals surface area contributed by atoms with E-state index in [0.717, 1.165) is 29.2 Å².